The van der Waals surface area contributed by atoms with Crippen LogP contribution in [0.15, 0.2) is 54.1 Å². The normalized spacial score (nSPS) is 20.2. The van der Waals surface area contributed by atoms with Crippen LogP contribution in [0.25, 0.3) is 0 Å². The number of carbonyl (C=O) groups is 1. The average molecular weight is 254 g/mol. The lowest BCUT2D eigenvalue weighted by atomic mass is 9.73. The molecular formula is C18H22O. The SMILES string of the molecule is CC(C(=O)c1ccccc1)C1=CC=CC1C(C)(C)C. The monoisotopic (exact) mass is 254 g/mol. The third-order valence-electron chi connectivity index (χ3n) is 3.84. The molecule has 0 heterocycles. The highest BCUT2D eigenvalue weighted by Crippen LogP contribution is 2.40. The van der Waals surface area contributed by atoms with E-state index in [2.05, 4.69) is 39.0 Å². The van der Waals surface area contributed by atoms with Crippen LogP contribution in [0.4, 0.5) is 0 Å². The van der Waals surface area contributed by atoms with Crippen molar-refractivity contribution in [1.29, 1.82) is 0 Å². The molecule has 0 spiro atoms. The molecule has 1 aromatic carbocycles. The summed E-state index contributed by atoms with van der Waals surface area (Å²) >= 11 is 0. The van der Waals surface area contributed by atoms with Crippen molar-refractivity contribution in [2.75, 3.05) is 0 Å². The number of carbonyl (C=O) groups excluding carboxylic acids is 1. The Kier molecular flexibility index (Phi) is 3.75. The molecule has 1 aliphatic rings. The Morgan fingerprint density at radius 3 is 2.37 bits per heavy atom. The first-order valence-corrected chi connectivity index (χ1v) is 6.89. The summed E-state index contributed by atoms with van der Waals surface area (Å²) in [5, 5.41) is 0. The number of allylic oxidation sites excluding steroid dienone is 4. The molecule has 1 nitrogen and oxygen atoms in total. The van der Waals surface area contributed by atoms with Gasteiger partial charge in [-0.3, -0.25) is 4.79 Å². The molecule has 0 aliphatic heterocycles. The maximum absolute atomic E-state index is 12.5. The number of Topliss-reactive ketones (excluding diaryl/α,β-unsaturated/α-hetero) is 1. The Morgan fingerprint density at radius 2 is 1.79 bits per heavy atom. The summed E-state index contributed by atoms with van der Waals surface area (Å²) in [7, 11) is 0. The largest absolute Gasteiger partial charge is 0.294 e. The minimum atomic E-state index is -0.0541. The minimum absolute atomic E-state index is 0.0541. The highest BCUT2D eigenvalue weighted by atomic mass is 16.1. The fraction of sp³-hybridized carbons (Fsp3) is 0.389. The van der Waals surface area contributed by atoms with E-state index in [9.17, 15) is 4.79 Å². The number of ketones is 1. The van der Waals surface area contributed by atoms with Gasteiger partial charge in [-0.25, -0.2) is 0 Å². The molecule has 2 unspecified atom stereocenters. The smallest absolute Gasteiger partial charge is 0.169 e. The van der Waals surface area contributed by atoms with Crippen molar-refractivity contribution in [3.05, 3.63) is 59.7 Å². The Labute approximate surface area is 116 Å². The standard InChI is InChI=1S/C18H22O/c1-13(17(19)14-9-6-5-7-10-14)15-11-8-12-16(15)18(2,3)4/h5-13,16H,1-4H3. The molecule has 1 aliphatic carbocycles. The second kappa shape index (κ2) is 5.16. The fourth-order valence-corrected chi connectivity index (χ4v) is 2.70. The predicted molar refractivity (Wildman–Crippen MR) is 80.1 cm³/mol. The lowest BCUT2D eigenvalue weighted by Gasteiger charge is -2.31. The number of hydrogen-bond acceptors (Lipinski definition) is 1. The van der Waals surface area contributed by atoms with E-state index < -0.39 is 0 Å². The van der Waals surface area contributed by atoms with Crippen LogP contribution in [-0.2, 0) is 0 Å². The van der Waals surface area contributed by atoms with E-state index in [0.717, 1.165) is 5.56 Å². The van der Waals surface area contributed by atoms with Crippen molar-refractivity contribution in [2.45, 2.75) is 27.7 Å². The Bertz CT molecular complexity index is 514. The highest BCUT2D eigenvalue weighted by molar-refractivity contribution is 5.99. The summed E-state index contributed by atoms with van der Waals surface area (Å²) in [6.07, 6.45) is 6.41. The lowest BCUT2D eigenvalue weighted by molar-refractivity contribution is 0.0940. The number of rotatable bonds is 3. The summed E-state index contributed by atoms with van der Waals surface area (Å²) in [5.74, 6) is 0.515. The van der Waals surface area contributed by atoms with Crippen LogP contribution >= 0.6 is 0 Å². The molecule has 0 saturated carbocycles. The molecule has 100 valence electrons. The third kappa shape index (κ3) is 2.86. The van der Waals surface area contributed by atoms with E-state index in [1.807, 2.05) is 37.3 Å². The molecule has 2 rings (SSSR count). The second-order valence-electron chi connectivity index (χ2n) is 6.35. The van der Waals surface area contributed by atoms with Crippen LogP contribution in [0.2, 0.25) is 0 Å². The first-order chi connectivity index (χ1) is 8.91. The van der Waals surface area contributed by atoms with Crippen LogP contribution in [0.3, 0.4) is 0 Å². The topological polar surface area (TPSA) is 17.1 Å². The summed E-state index contributed by atoms with van der Waals surface area (Å²) in [6.45, 7) is 8.69. The zero-order valence-electron chi connectivity index (χ0n) is 12.2. The lowest BCUT2D eigenvalue weighted by Crippen LogP contribution is -2.25. The molecule has 1 aromatic rings. The van der Waals surface area contributed by atoms with Crippen LogP contribution < -0.4 is 0 Å². The third-order valence-corrected chi connectivity index (χ3v) is 3.84. The maximum Gasteiger partial charge on any atom is 0.169 e. The van der Waals surface area contributed by atoms with Gasteiger partial charge < -0.3 is 0 Å². The van der Waals surface area contributed by atoms with Gasteiger partial charge in [-0.1, -0.05) is 81.8 Å². The van der Waals surface area contributed by atoms with Crippen LogP contribution in [0, 0.1) is 17.3 Å². The van der Waals surface area contributed by atoms with Gasteiger partial charge in [-0.15, -0.1) is 0 Å². The predicted octanol–water partition coefficient (Wildman–Crippen LogP) is 4.66. The molecule has 0 fully saturated rings. The molecule has 19 heavy (non-hydrogen) atoms. The van der Waals surface area contributed by atoms with Gasteiger partial charge in [0.1, 0.15) is 0 Å². The van der Waals surface area contributed by atoms with Gasteiger partial charge in [0.05, 0.1) is 0 Å². The first kappa shape index (κ1) is 13.8. The van der Waals surface area contributed by atoms with Crippen LogP contribution in [0.1, 0.15) is 38.1 Å². The van der Waals surface area contributed by atoms with Crippen molar-refractivity contribution in [2.24, 2.45) is 17.3 Å². The van der Waals surface area contributed by atoms with Gasteiger partial charge in [-0.05, 0) is 5.41 Å². The van der Waals surface area contributed by atoms with Crippen molar-refractivity contribution in [1.82, 2.24) is 0 Å². The molecule has 0 amide bonds. The zero-order chi connectivity index (χ0) is 14.0. The van der Waals surface area contributed by atoms with E-state index in [0.29, 0.717) is 5.92 Å². The minimum Gasteiger partial charge on any atom is -0.294 e. The molecule has 0 saturated heterocycles. The van der Waals surface area contributed by atoms with Crippen molar-refractivity contribution >= 4 is 5.78 Å². The Morgan fingerprint density at radius 1 is 1.16 bits per heavy atom. The summed E-state index contributed by atoms with van der Waals surface area (Å²) < 4.78 is 0. The zero-order valence-corrected chi connectivity index (χ0v) is 12.2. The number of benzene rings is 1. The summed E-state index contributed by atoms with van der Waals surface area (Å²) in [5.41, 5.74) is 2.20. The fourth-order valence-electron chi connectivity index (χ4n) is 2.70. The number of hydrogen-bond donors (Lipinski definition) is 0. The Hall–Kier alpha value is -1.63. The van der Waals surface area contributed by atoms with Gasteiger partial charge in [0.2, 0.25) is 0 Å². The van der Waals surface area contributed by atoms with Crippen molar-refractivity contribution in [3.63, 3.8) is 0 Å². The molecule has 0 bridgehead atoms. The molecule has 0 aromatic heterocycles. The van der Waals surface area contributed by atoms with Gasteiger partial charge in [-0.2, -0.15) is 0 Å². The average Bonchev–Trinajstić information content (AvgIpc) is 2.87. The summed E-state index contributed by atoms with van der Waals surface area (Å²) in [4.78, 5) is 12.5. The second-order valence-corrected chi connectivity index (χ2v) is 6.35. The first-order valence-electron chi connectivity index (χ1n) is 6.89. The van der Waals surface area contributed by atoms with Gasteiger partial charge in [0, 0.05) is 17.4 Å². The molecule has 1 heteroatoms. The van der Waals surface area contributed by atoms with Crippen LogP contribution in [-0.4, -0.2) is 5.78 Å². The van der Waals surface area contributed by atoms with Crippen LogP contribution in [0.5, 0.6) is 0 Å². The van der Waals surface area contributed by atoms with Gasteiger partial charge in [0.15, 0.2) is 5.78 Å². The molecule has 0 N–H and O–H groups in total. The van der Waals surface area contributed by atoms with E-state index in [4.69, 9.17) is 0 Å². The van der Waals surface area contributed by atoms with E-state index >= 15 is 0 Å². The van der Waals surface area contributed by atoms with Crippen molar-refractivity contribution < 1.29 is 4.79 Å². The van der Waals surface area contributed by atoms with Crippen molar-refractivity contribution in [3.8, 4) is 0 Å². The Balaban J connectivity index is 2.22. The van der Waals surface area contributed by atoms with E-state index in [-0.39, 0.29) is 17.1 Å². The van der Waals surface area contributed by atoms with E-state index in [1.54, 1.807) is 0 Å². The quantitative estimate of drug-likeness (QED) is 0.717. The van der Waals surface area contributed by atoms with Gasteiger partial charge >= 0.3 is 0 Å². The van der Waals surface area contributed by atoms with E-state index in [1.165, 1.54) is 5.57 Å². The maximum atomic E-state index is 12.5. The molecule has 0 radical (unpaired) electrons. The molecule has 2 atom stereocenters. The van der Waals surface area contributed by atoms with Gasteiger partial charge in [0.25, 0.3) is 0 Å². The summed E-state index contributed by atoms with van der Waals surface area (Å²) in [6, 6.07) is 9.57. The highest BCUT2D eigenvalue weighted by Gasteiger charge is 2.32. The molecular weight excluding hydrogens is 232 g/mol.